The number of hydrogen-bond donors (Lipinski definition) is 2. The lowest BCUT2D eigenvalue weighted by molar-refractivity contribution is -0.125. The van der Waals surface area contributed by atoms with Crippen molar-refractivity contribution in [1.29, 1.82) is 0 Å². The van der Waals surface area contributed by atoms with Gasteiger partial charge in [-0.3, -0.25) is 4.79 Å². The molecule has 1 amide bonds. The minimum atomic E-state index is -0.491. The van der Waals surface area contributed by atoms with E-state index in [4.69, 9.17) is 10.5 Å². The van der Waals surface area contributed by atoms with Crippen molar-refractivity contribution in [1.82, 2.24) is 0 Å². The molecule has 1 aromatic rings. The Kier molecular flexibility index (Phi) is 9.14. The summed E-state index contributed by atoms with van der Waals surface area (Å²) in [4.78, 5) is 12.5. The minimum Gasteiger partial charge on any atom is -0.493 e. The molecule has 0 fully saturated rings. The summed E-state index contributed by atoms with van der Waals surface area (Å²) in [6.45, 7) is 9.22. The fraction of sp³-hybridized carbons (Fsp3) is 0.588. The number of nitrogens with two attached hydrogens (primary N) is 1. The Morgan fingerprint density at radius 1 is 1.32 bits per heavy atom. The molecule has 1 rings (SSSR count). The van der Waals surface area contributed by atoms with Gasteiger partial charge in [0.25, 0.3) is 0 Å². The zero-order chi connectivity index (χ0) is 15.9. The van der Waals surface area contributed by atoms with Crippen molar-refractivity contribution in [2.24, 2.45) is 17.1 Å². The SMILES string of the molecule is CCC(CC)(CN)C(=O)Nc1cccc(OCC(C)C)c1.Cl. The molecule has 4 nitrogen and oxygen atoms in total. The summed E-state index contributed by atoms with van der Waals surface area (Å²) in [6, 6.07) is 7.50. The first-order chi connectivity index (χ1) is 9.97. The van der Waals surface area contributed by atoms with Crippen LogP contribution in [0.2, 0.25) is 0 Å². The molecule has 1 aromatic carbocycles. The molecule has 0 bridgehead atoms. The van der Waals surface area contributed by atoms with Crippen molar-refractivity contribution < 1.29 is 9.53 Å². The number of nitrogens with one attached hydrogen (secondary N) is 1. The van der Waals surface area contributed by atoms with Gasteiger partial charge >= 0.3 is 0 Å². The number of benzene rings is 1. The summed E-state index contributed by atoms with van der Waals surface area (Å²) in [5.74, 6) is 1.22. The van der Waals surface area contributed by atoms with Gasteiger partial charge in [0, 0.05) is 18.3 Å². The molecule has 0 saturated heterocycles. The number of anilines is 1. The standard InChI is InChI=1S/C17H28N2O2.ClH/c1-5-17(6-2,12-18)16(20)19-14-8-7-9-15(10-14)21-11-13(3)4;/h7-10,13H,5-6,11-12,18H2,1-4H3,(H,19,20);1H. The van der Waals surface area contributed by atoms with Crippen LogP contribution in [0.3, 0.4) is 0 Å². The summed E-state index contributed by atoms with van der Waals surface area (Å²) >= 11 is 0. The van der Waals surface area contributed by atoms with E-state index in [-0.39, 0.29) is 18.3 Å². The van der Waals surface area contributed by atoms with Gasteiger partial charge in [-0.15, -0.1) is 12.4 Å². The van der Waals surface area contributed by atoms with Gasteiger partial charge in [0.15, 0.2) is 0 Å². The van der Waals surface area contributed by atoms with Gasteiger partial charge < -0.3 is 15.8 Å². The van der Waals surface area contributed by atoms with Crippen LogP contribution in [0.5, 0.6) is 5.75 Å². The molecule has 22 heavy (non-hydrogen) atoms. The Morgan fingerprint density at radius 3 is 2.45 bits per heavy atom. The Labute approximate surface area is 140 Å². The first-order valence-electron chi connectivity index (χ1n) is 7.71. The van der Waals surface area contributed by atoms with Crippen LogP contribution in [0, 0.1) is 11.3 Å². The fourth-order valence-corrected chi connectivity index (χ4v) is 2.14. The van der Waals surface area contributed by atoms with Gasteiger partial charge in [-0.25, -0.2) is 0 Å². The van der Waals surface area contributed by atoms with E-state index in [1.807, 2.05) is 38.1 Å². The average Bonchev–Trinajstić information content (AvgIpc) is 2.48. The van der Waals surface area contributed by atoms with Crippen LogP contribution in [-0.2, 0) is 4.79 Å². The molecule has 5 heteroatoms. The molecule has 0 aliphatic rings. The predicted molar refractivity (Wildman–Crippen MR) is 94.7 cm³/mol. The molecule has 0 spiro atoms. The molecule has 0 radical (unpaired) electrons. The Morgan fingerprint density at radius 2 is 1.95 bits per heavy atom. The van der Waals surface area contributed by atoms with Crippen LogP contribution in [0.1, 0.15) is 40.5 Å². The summed E-state index contributed by atoms with van der Waals surface area (Å²) in [5.41, 5.74) is 6.07. The molecule has 0 unspecified atom stereocenters. The van der Waals surface area contributed by atoms with Gasteiger partial charge in [-0.05, 0) is 30.9 Å². The lowest BCUT2D eigenvalue weighted by Gasteiger charge is -2.28. The number of rotatable bonds is 8. The van der Waals surface area contributed by atoms with E-state index in [1.54, 1.807) is 0 Å². The molecule has 0 aliphatic carbocycles. The lowest BCUT2D eigenvalue weighted by Crippen LogP contribution is -2.41. The Hall–Kier alpha value is -1.26. The number of carbonyl (C=O) groups excluding carboxylic acids is 1. The van der Waals surface area contributed by atoms with Gasteiger partial charge in [0.05, 0.1) is 12.0 Å². The third-order valence-corrected chi connectivity index (χ3v) is 3.90. The van der Waals surface area contributed by atoms with Gasteiger partial charge in [-0.2, -0.15) is 0 Å². The summed E-state index contributed by atoms with van der Waals surface area (Å²) in [5, 5.41) is 2.96. The smallest absolute Gasteiger partial charge is 0.231 e. The van der Waals surface area contributed by atoms with E-state index >= 15 is 0 Å². The average molecular weight is 329 g/mol. The Bertz CT molecular complexity index is 451. The largest absolute Gasteiger partial charge is 0.493 e. The second-order valence-electron chi connectivity index (χ2n) is 5.88. The second kappa shape index (κ2) is 9.70. The number of carbonyl (C=O) groups is 1. The maximum Gasteiger partial charge on any atom is 0.231 e. The van der Waals surface area contributed by atoms with Gasteiger partial charge in [0.2, 0.25) is 5.91 Å². The highest BCUT2D eigenvalue weighted by Crippen LogP contribution is 2.27. The molecule has 0 saturated carbocycles. The van der Waals surface area contributed by atoms with E-state index in [0.717, 1.165) is 24.3 Å². The van der Waals surface area contributed by atoms with Gasteiger partial charge in [0.1, 0.15) is 5.75 Å². The minimum absolute atomic E-state index is 0. The second-order valence-corrected chi connectivity index (χ2v) is 5.88. The number of hydrogen-bond acceptors (Lipinski definition) is 3. The number of ether oxygens (including phenoxy) is 1. The van der Waals surface area contributed by atoms with Crippen molar-refractivity contribution in [2.75, 3.05) is 18.5 Å². The summed E-state index contributed by atoms with van der Waals surface area (Å²) in [6.07, 6.45) is 1.46. The van der Waals surface area contributed by atoms with Crippen LogP contribution in [-0.4, -0.2) is 19.1 Å². The zero-order valence-corrected chi connectivity index (χ0v) is 14.8. The summed E-state index contributed by atoms with van der Waals surface area (Å²) < 4.78 is 5.68. The highest BCUT2D eigenvalue weighted by atomic mass is 35.5. The van der Waals surface area contributed by atoms with Crippen molar-refractivity contribution in [2.45, 2.75) is 40.5 Å². The fourth-order valence-electron chi connectivity index (χ4n) is 2.14. The molecule has 0 aromatic heterocycles. The lowest BCUT2D eigenvalue weighted by atomic mass is 9.81. The van der Waals surface area contributed by atoms with Crippen LogP contribution in [0.25, 0.3) is 0 Å². The first-order valence-corrected chi connectivity index (χ1v) is 7.71. The van der Waals surface area contributed by atoms with Crippen LogP contribution < -0.4 is 15.8 Å². The maximum atomic E-state index is 12.5. The van der Waals surface area contributed by atoms with Crippen molar-refractivity contribution in [3.05, 3.63) is 24.3 Å². The van der Waals surface area contributed by atoms with E-state index in [9.17, 15) is 4.79 Å². The van der Waals surface area contributed by atoms with Crippen LogP contribution >= 0.6 is 12.4 Å². The van der Waals surface area contributed by atoms with Crippen molar-refractivity contribution in [3.8, 4) is 5.75 Å². The van der Waals surface area contributed by atoms with E-state index in [0.29, 0.717) is 19.1 Å². The third kappa shape index (κ3) is 5.50. The highest BCUT2D eigenvalue weighted by Gasteiger charge is 2.33. The normalized spacial score (nSPS) is 11.0. The Balaban J connectivity index is 0.00000441. The highest BCUT2D eigenvalue weighted by molar-refractivity contribution is 5.95. The van der Waals surface area contributed by atoms with Crippen LogP contribution in [0.4, 0.5) is 5.69 Å². The molecule has 126 valence electrons. The molecular weight excluding hydrogens is 300 g/mol. The topological polar surface area (TPSA) is 64.4 Å². The van der Waals surface area contributed by atoms with Gasteiger partial charge in [-0.1, -0.05) is 33.8 Å². The first kappa shape index (κ1) is 20.7. The molecular formula is C17H29ClN2O2. The summed E-state index contributed by atoms with van der Waals surface area (Å²) in [7, 11) is 0. The zero-order valence-electron chi connectivity index (χ0n) is 14.0. The number of amides is 1. The molecule has 3 N–H and O–H groups in total. The third-order valence-electron chi connectivity index (χ3n) is 3.90. The molecule has 0 aliphatic heterocycles. The van der Waals surface area contributed by atoms with Crippen molar-refractivity contribution >= 4 is 24.0 Å². The van der Waals surface area contributed by atoms with Crippen LogP contribution in [0.15, 0.2) is 24.3 Å². The molecule has 0 atom stereocenters. The van der Waals surface area contributed by atoms with Crippen molar-refractivity contribution in [3.63, 3.8) is 0 Å². The van der Waals surface area contributed by atoms with E-state index in [2.05, 4.69) is 19.2 Å². The quantitative estimate of drug-likeness (QED) is 0.762. The van der Waals surface area contributed by atoms with E-state index < -0.39 is 5.41 Å². The predicted octanol–water partition coefficient (Wildman–Crippen LogP) is 3.85. The molecule has 0 heterocycles. The monoisotopic (exact) mass is 328 g/mol. The van der Waals surface area contributed by atoms with E-state index in [1.165, 1.54) is 0 Å². The number of halogens is 1. The maximum absolute atomic E-state index is 12.5.